The number of rotatable bonds is 3. The Labute approximate surface area is 87.7 Å². The van der Waals surface area contributed by atoms with Crippen molar-refractivity contribution in [2.75, 3.05) is 0 Å². The van der Waals surface area contributed by atoms with Crippen LogP contribution in [0.25, 0.3) is 0 Å². The van der Waals surface area contributed by atoms with Crippen molar-refractivity contribution in [1.82, 2.24) is 0 Å². The third-order valence-electron chi connectivity index (χ3n) is 1.63. The summed E-state index contributed by atoms with van der Waals surface area (Å²) >= 11 is 2.11. The molecule has 0 amide bonds. The first-order valence-electron chi connectivity index (χ1n) is 3.71. The lowest BCUT2D eigenvalue weighted by atomic mass is 9.99. The lowest BCUT2D eigenvalue weighted by molar-refractivity contribution is 0.173. The third kappa shape index (κ3) is 3.93. The first-order chi connectivity index (χ1) is 5.63. The second-order valence-electron chi connectivity index (χ2n) is 2.68. The highest BCUT2D eigenvalue weighted by Gasteiger charge is 2.11. The molecule has 0 aliphatic rings. The van der Waals surface area contributed by atoms with Gasteiger partial charge in [0.05, 0.1) is 6.10 Å². The number of halogens is 1. The molecule has 0 rings (SSSR count). The molecule has 0 bridgehead atoms. The van der Waals surface area contributed by atoms with E-state index in [2.05, 4.69) is 28.5 Å². The van der Waals surface area contributed by atoms with Gasteiger partial charge in [-0.15, -0.1) is 6.42 Å². The van der Waals surface area contributed by atoms with E-state index in [-0.39, 0.29) is 5.92 Å². The molecule has 12 heavy (non-hydrogen) atoms. The highest BCUT2D eigenvalue weighted by atomic mass is 127. The van der Waals surface area contributed by atoms with Gasteiger partial charge >= 0.3 is 0 Å². The van der Waals surface area contributed by atoms with Crippen molar-refractivity contribution in [3.05, 3.63) is 21.8 Å². The van der Waals surface area contributed by atoms with Gasteiger partial charge in [-0.1, -0.05) is 41.5 Å². The maximum Gasteiger partial charge on any atom is 0.0815 e. The van der Waals surface area contributed by atoms with Crippen LogP contribution in [0.15, 0.2) is 21.8 Å². The average Bonchev–Trinajstić information content (AvgIpc) is 2.11. The van der Waals surface area contributed by atoms with Crippen LogP contribution in [0.1, 0.15) is 13.8 Å². The molecule has 0 radical (unpaired) electrons. The van der Waals surface area contributed by atoms with E-state index in [1.54, 1.807) is 6.08 Å². The first kappa shape index (κ1) is 11.7. The van der Waals surface area contributed by atoms with Crippen LogP contribution in [0.3, 0.4) is 0 Å². The molecule has 0 saturated heterocycles. The van der Waals surface area contributed by atoms with Crippen LogP contribution in [0.5, 0.6) is 0 Å². The summed E-state index contributed by atoms with van der Waals surface area (Å²) in [4.78, 5) is 0. The Balaban J connectivity index is 4.21. The van der Waals surface area contributed by atoms with E-state index in [1.807, 2.05) is 24.0 Å². The zero-order chi connectivity index (χ0) is 9.56. The Hall–Kier alpha value is -0.270. The van der Waals surface area contributed by atoms with Crippen molar-refractivity contribution in [2.45, 2.75) is 20.0 Å². The van der Waals surface area contributed by atoms with Crippen LogP contribution in [0, 0.1) is 18.3 Å². The van der Waals surface area contributed by atoms with Crippen molar-refractivity contribution in [3.8, 4) is 12.3 Å². The molecule has 0 saturated carbocycles. The summed E-state index contributed by atoms with van der Waals surface area (Å²) in [6.45, 7) is 3.83. The molecule has 0 aliphatic carbocycles. The van der Waals surface area contributed by atoms with E-state index < -0.39 is 6.10 Å². The minimum Gasteiger partial charge on any atom is -0.388 e. The molecule has 2 atom stereocenters. The summed E-state index contributed by atoms with van der Waals surface area (Å²) in [7, 11) is 0. The average molecular weight is 276 g/mol. The molecule has 0 aromatic carbocycles. The van der Waals surface area contributed by atoms with E-state index in [0.29, 0.717) is 0 Å². The number of aliphatic hydroxyl groups excluding tert-OH is 1. The summed E-state index contributed by atoms with van der Waals surface area (Å²) in [5, 5.41) is 9.62. The van der Waals surface area contributed by atoms with Gasteiger partial charge in [0.2, 0.25) is 0 Å². The fourth-order valence-electron chi connectivity index (χ4n) is 0.792. The maximum absolute atomic E-state index is 9.62. The second kappa shape index (κ2) is 6.27. The Morgan fingerprint density at radius 2 is 2.25 bits per heavy atom. The number of allylic oxidation sites excluding steroid dienone is 1. The van der Waals surface area contributed by atoms with Crippen molar-refractivity contribution >= 4 is 22.6 Å². The van der Waals surface area contributed by atoms with Crippen molar-refractivity contribution < 1.29 is 5.11 Å². The van der Waals surface area contributed by atoms with Crippen LogP contribution >= 0.6 is 22.6 Å². The Kier molecular flexibility index (Phi) is 6.13. The van der Waals surface area contributed by atoms with Gasteiger partial charge in [-0.2, -0.15) is 0 Å². The van der Waals surface area contributed by atoms with Gasteiger partial charge in [0.15, 0.2) is 0 Å². The van der Waals surface area contributed by atoms with E-state index in [9.17, 15) is 5.11 Å². The van der Waals surface area contributed by atoms with E-state index >= 15 is 0 Å². The van der Waals surface area contributed by atoms with Crippen LogP contribution in [-0.2, 0) is 0 Å². The second-order valence-corrected chi connectivity index (χ2v) is 3.31. The minimum atomic E-state index is -0.425. The van der Waals surface area contributed by atoms with Gasteiger partial charge < -0.3 is 5.11 Å². The Morgan fingerprint density at radius 3 is 2.67 bits per heavy atom. The van der Waals surface area contributed by atoms with Crippen LogP contribution in [0.2, 0.25) is 0 Å². The topological polar surface area (TPSA) is 20.2 Å². The molecule has 0 spiro atoms. The summed E-state index contributed by atoms with van der Waals surface area (Å²) < 4.78 is 1.88. The Morgan fingerprint density at radius 1 is 1.67 bits per heavy atom. The molecule has 0 heterocycles. The zero-order valence-electron chi connectivity index (χ0n) is 7.29. The predicted molar refractivity (Wildman–Crippen MR) is 60.9 cm³/mol. The number of hydrogen-bond donors (Lipinski definition) is 1. The van der Waals surface area contributed by atoms with Crippen LogP contribution < -0.4 is 0 Å². The zero-order valence-corrected chi connectivity index (χ0v) is 9.45. The third-order valence-corrected chi connectivity index (χ3v) is 2.62. The van der Waals surface area contributed by atoms with Gasteiger partial charge in [0.1, 0.15) is 0 Å². The smallest absolute Gasteiger partial charge is 0.0815 e. The lowest BCUT2D eigenvalue weighted by Gasteiger charge is -2.14. The molecule has 66 valence electrons. The van der Waals surface area contributed by atoms with Crippen molar-refractivity contribution in [2.24, 2.45) is 5.92 Å². The molecule has 0 aliphatic heterocycles. The van der Waals surface area contributed by atoms with Gasteiger partial charge in [0, 0.05) is 5.92 Å². The standard InChI is InChI=1S/C10H13IO/c1-4-5-6-8(2)10(12)9(3)7-11/h1,5-8,10,12H,2-3H3/b6-5-,9-7+/t8-,10-/m0/s1. The number of hydrogen-bond acceptors (Lipinski definition) is 1. The summed E-state index contributed by atoms with van der Waals surface area (Å²) in [5.41, 5.74) is 0.963. The molecule has 1 N–H and O–H groups in total. The van der Waals surface area contributed by atoms with E-state index in [0.717, 1.165) is 5.57 Å². The van der Waals surface area contributed by atoms with Gasteiger partial charge in [0.25, 0.3) is 0 Å². The van der Waals surface area contributed by atoms with Crippen molar-refractivity contribution in [3.63, 3.8) is 0 Å². The summed E-state index contributed by atoms with van der Waals surface area (Å²) in [5.74, 6) is 2.47. The number of terminal acetylenes is 1. The lowest BCUT2D eigenvalue weighted by Crippen LogP contribution is -2.16. The molecule has 0 aromatic heterocycles. The molecular weight excluding hydrogens is 263 g/mol. The maximum atomic E-state index is 9.62. The molecular formula is C10H13IO. The quantitative estimate of drug-likeness (QED) is 0.620. The first-order valence-corrected chi connectivity index (χ1v) is 4.95. The van der Waals surface area contributed by atoms with Gasteiger partial charge in [-0.3, -0.25) is 0 Å². The molecule has 0 aromatic rings. The van der Waals surface area contributed by atoms with Crippen molar-refractivity contribution in [1.29, 1.82) is 0 Å². The van der Waals surface area contributed by atoms with Gasteiger partial charge in [-0.05, 0) is 22.7 Å². The van der Waals surface area contributed by atoms with E-state index in [1.165, 1.54) is 0 Å². The normalized spacial score (nSPS) is 17.4. The Bertz CT molecular complexity index is 222. The summed E-state index contributed by atoms with van der Waals surface area (Å²) in [6, 6.07) is 0. The fourth-order valence-corrected chi connectivity index (χ4v) is 1.16. The highest BCUT2D eigenvalue weighted by Crippen LogP contribution is 2.14. The largest absolute Gasteiger partial charge is 0.388 e. The monoisotopic (exact) mass is 276 g/mol. The molecule has 2 heteroatoms. The molecule has 0 fully saturated rings. The minimum absolute atomic E-state index is 0.0760. The highest BCUT2D eigenvalue weighted by molar-refractivity contribution is 14.1. The fraction of sp³-hybridized carbons (Fsp3) is 0.400. The molecule has 0 unspecified atom stereocenters. The SMILES string of the molecule is C#C/C=C\[C@H](C)[C@H](O)/C(C)=C/I. The van der Waals surface area contributed by atoms with Crippen LogP contribution in [-0.4, -0.2) is 11.2 Å². The van der Waals surface area contributed by atoms with Crippen LogP contribution in [0.4, 0.5) is 0 Å². The van der Waals surface area contributed by atoms with E-state index in [4.69, 9.17) is 6.42 Å². The molecule has 1 nitrogen and oxygen atoms in total. The number of aliphatic hydroxyl groups is 1. The van der Waals surface area contributed by atoms with Gasteiger partial charge in [-0.25, -0.2) is 0 Å². The predicted octanol–water partition coefficient (Wildman–Crippen LogP) is 2.51. The summed E-state index contributed by atoms with van der Waals surface area (Å²) in [6.07, 6.45) is 8.07.